The molecule has 2 unspecified atom stereocenters. The Morgan fingerprint density at radius 2 is 1.64 bits per heavy atom. The van der Waals surface area contributed by atoms with E-state index in [2.05, 4.69) is 105 Å². The highest BCUT2D eigenvalue weighted by molar-refractivity contribution is 5.46. The Labute approximate surface area is 242 Å². The molecular formula is C36H61N3. The van der Waals surface area contributed by atoms with E-state index in [9.17, 15) is 0 Å². The number of nitrogens with zero attached hydrogens (tertiary/aromatic N) is 2. The largest absolute Gasteiger partial charge is 0.320 e. The Balaban J connectivity index is 0.000000320. The SMILES string of the molecule is CC.CCCN(C)Cc1ccccc1.CNCCCCN(C)CC1Cc2ccc(C)cc2C12CCCC2(C)C. The monoisotopic (exact) mass is 535 g/mol. The van der Waals surface area contributed by atoms with Gasteiger partial charge in [-0.2, -0.15) is 0 Å². The number of aryl methyl sites for hydroxylation is 1. The second-order valence-electron chi connectivity index (χ2n) is 12.6. The van der Waals surface area contributed by atoms with E-state index in [1.54, 1.807) is 11.1 Å². The standard InChI is InChI=1S/C23H38N2.C11H17N.C2H6/c1-18-9-10-19-16-20(17-25(5)14-7-6-13-24-4)23(21(19)15-18)12-8-11-22(23,2)3;1-3-9-12(2)10-11-7-5-4-6-8-11;1-2/h9-10,15,20,24H,6-8,11-14,16-17H2,1-5H3;4-8H,3,9-10H2,1-2H3;1-2H3. The molecule has 0 aromatic heterocycles. The lowest BCUT2D eigenvalue weighted by atomic mass is 9.60. The van der Waals surface area contributed by atoms with Gasteiger partial charge in [-0.1, -0.05) is 95.1 Å². The molecule has 2 atom stereocenters. The molecule has 39 heavy (non-hydrogen) atoms. The summed E-state index contributed by atoms with van der Waals surface area (Å²) in [6, 6.07) is 17.9. The normalized spacial score (nSPS) is 20.9. The van der Waals surface area contributed by atoms with Gasteiger partial charge >= 0.3 is 0 Å². The molecule has 1 spiro atoms. The van der Waals surface area contributed by atoms with Crippen LogP contribution in [-0.2, 0) is 18.4 Å². The van der Waals surface area contributed by atoms with Crippen molar-refractivity contribution in [2.75, 3.05) is 47.3 Å². The van der Waals surface area contributed by atoms with Crippen molar-refractivity contribution in [2.24, 2.45) is 11.3 Å². The molecule has 3 heteroatoms. The number of unbranched alkanes of at least 4 members (excludes halogenated alkanes) is 1. The molecule has 220 valence electrons. The average Bonchev–Trinajstić information content (AvgIpc) is 3.40. The van der Waals surface area contributed by atoms with Gasteiger partial charge in [0.25, 0.3) is 0 Å². The number of benzene rings is 2. The number of rotatable bonds is 11. The maximum absolute atomic E-state index is 3.26. The molecule has 2 aromatic rings. The molecule has 2 aliphatic rings. The quantitative estimate of drug-likeness (QED) is 0.293. The summed E-state index contributed by atoms with van der Waals surface area (Å²) < 4.78 is 0. The molecule has 0 saturated heterocycles. The van der Waals surface area contributed by atoms with Crippen LogP contribution in [0.2, 0.25) is 0 Å². The summed E-state index contributed by atoms with van der Waals surface area (Å²) in [6.45, 7) is 19.4. The summed E-state index contributed by atoms with van der Waals surface area (Å²) >= 11 is 0. The second-order valence-corrected chi connectivity index (χ2v) is 12.6. The van der Waals surface area contributed by atoms with E-state index in [-0.39, 0.29) is 0 Å². The summed E-state index contributed by atoms with van der Waals surface area (Å²) in [5.74, 6) is 0.774. The van der Waals surface area contributed by atoms with Gasteiger partial charge in [-0.15, -0.1) is 0 Å². The molecule has 2 aromatic carbocycles. The Bertz CT molecular complexity index is 938. The fourth-order valence-electron chi connectivity index (χ4n) is 7.30. The maximum Gasteiger partial charge on any atom is 0.0230 e. The van der Waals surface area contributed by atoms with Crippen molar-refractivity contribution >= 4 is 0 Å². The summed E-state index contributed by atoms with van der Waals surface area (Å²) in [5, 5.41) is 3.26. The van der Waals surface area contributed by atoms with Crippen LogP contribution in [-0.4, -0.2) is 57.1 Å². The van der Waals surface area contributed by atoms with E-state index in [1.807, 2.05) is 20.9 Å². The lowest BCUT2D eigenvalue weighted by molar-refractivity contribution is 0.108. The maximum atomic E-state index is 3.26. The van der Waals surface area contributed by atoms with Gasteiger partial charge in [0, 0.05) is 18.5 Å². The average molecular weight is 536 g/mol. The third-order valence-corrected chi connectivity index (χ3v) is 9.14. The first kappa shape index (κ1) is 33.5. The van der Waals surface area contributed by atoms with Gasteiger partial charge in [0.15, 0.2) is 0 Å². The smallest absolute Gasteiger partial charge is 0.0230 e. The van der Waals surface area contributed by atoms with Crippen molar-refractivity contribution in [3.63, 3.8) is 0 Å². The summed E-state index contributed by atoms with van der Waals surface area (Å²) in [5.41, 5.74) is 6.98. The molecule has 1 fully saturated rings. The van der Waals surface area contributed by atoms with Gasteiger partial charge in [0.05, 0.1) is 0 Å². The Morgan fingerprint density at radius 1 is 0.923 bits per heavy atom. The van der Waals surface area contributed by atoms with Crippen molar-refractivity contribution < 1.29 is 0 Å². The minimum atomic E-state index is 0.396. The third kappa shape index (κ3) is 8.90. The highest BCUT2D eigenvalue weighted by Gasteiger charge is 2.57. The minimum absolute atomic E-state index is 0.396. The molecule has 1 saturated carbocycles. The van der Waals surface area contributed by atoms with Crippen LogP contribution in [0.15, 0.2) is 48.5 Å². The van der Waals surface area contributed by atoms with Crippen LogP contribution in [0.25, 0.3) is 0 Å². The van der Waals surface area contributed by atoms with Gasteiger partial charge in [0.1, 0.15) is 0 Å². The van der Waals surface area contributed by atoms with Crippen LogP contribution >= 0.6 is 0 Å². The van der Waals surface area contributed by atoms with Crippen LogP contribution in [0.1, 0.15) is 95.4 Å². The van der Waals surface area contributed by atoms with E-state index in [1.165, 1.54) is 75.7 Å². The van der Waals surface area contributed by atoms with E-state index < -0.39 is 0 Å². The first-order valence-electron chi connectivity index (χ1n) is 15.9. The van der Waals surface area contributed by atoms with E-state index in [0.717, 1.165) is 19.0 Å². The van der Waals surface area contributed by atoms with E-state index >= 15 is 0 Å². The van der Waals surface area contributed by atoms with Crippen LogP contribution in [0.4, 0.5) is 0 Å². The Kier molecular flexibility index (Phi) is 14.2. The molecule has 0 heterocycles. The van der Waals surface area contributed by atoms with Crippen molar-refractivity contribution in [3.8, 4) is 0 Å². The van der Waals surface area contributed by atoms with Crippen molar-refractivity contribution in [3.05, 3.63) is 70.8 Å². The lowest BCUT2D eigenvalue weighted by Gasteiger charge is -2.45. The fraction of sp³-hybridized carbons (Fsp3) is 0.667. The second kappa shape index (κ2) is 16.6. The van der Waals surface area contributed by atoms with Crippen molar-refractivity contribution in [1.82, 2.24) is 15.1 Å². The first-order chi connectivity index (χ1) is 18.7. The van der Waals surface area contributed by atoms with Crippen molar-refractivity contribution in [1.29, 1.82) is 0 Å². The summed E-state index contributed by atoms with van der Waals surface area (Å²) in [7, 11) is 6.55. The fourth-order valence-corrected chi connectivity index (χ4v) is 7.30. The Hall–Kier alpha value is -1.68. The van der Waals surface area contributed by atoms with Crippen LogP contribution < -0.4 is 5.32 Å². The van der Waals surface area contributed by atoms with Gasteiger partial charge in [-0.05, 0) is 114 Å². The molecule has 2 aliphatic carbocycles. The zero-order chi connectivity index (χ0) is 28.9. The third-order valence-electron chi connectivity index (χ3n) is 9.14. The molecule has 0 amide bonds. The van der Waals surface area contributed by atoms with Gasteiger partial charge in [-0.25, -0.2) is 0 Å². The van der Waals surface area contributed by atoms with Gasteiger partial charge < -0.3 is 15.1 Å². The molecule has 0 aliphatic heterocycles. The van der Waals surface area contributed by atoms with Crippen LogP contribution in [0.3, 0.4) is 0 Å². The Morgan fingerprint density at radius 3 is 2.26 bits per heavy atom. The molecule has 3 nitrogen and oxygen atoms in total. The predicted octanol–water partition coefficient (Wildman–Crippen LogP) is 8.10. The summed E-state index contributed by atoms with van der Waals surface area (Å²) in [6.07, 6.45) is 9.23. The lowest BCUT2D eigenvalue weighted by Crippen LogP contribution is -2.45. The highest BCUT2D eigenvalue weighted by Crippen LogP contribution is 2.62. The number of nitrogens with one attached hydrogen (secondary N) is 1. The van der Waals surface area contributed by atoms with E-state index in [0.29, 0.717) is 10.8 Å². The first-order valence-corrected chi connectivity index (χ1v) is 15.9. The van der Waals surface area contributed by atoms with Gasteiger partial charge in [0.2, 0.25) is 0 Å². The molecular weight excluding hydrogens is 474 g/mol. The highest BCUT2D eigenvalue weighted by atomic mass is 15.1. The molecule has 1 N–H and O–H groups in total. The minimum Gasteiger partial charge on any atom is -0.320 e. The van der Waals surface area contributed by atoms with Crippen molar-refractivity contribution in [2.45, 2.75) is 98.4 Å². The van der Waals surface area contributed by atoms with Crippen LogP contribution in [0.5, 0.6) is 0 Å². The molecule has 0 radical (unpaired) electrons. The number of hydrogen-bond acceptors (Lipinski definition) is 3. The molecule has 4 rings (SSSR count). The number of fused-ring (bicyclic) bond motifs is 2. The molecule has 0 bridgehead atoms. The number of hydrogen-bond donors (Lipinski definition) is 1. The van der Waals surface area contributed by atoms with Crippen LogP contribution in [0, 0.1) is 18.3 Å². The topological polar surface area (TPSA) is 18.5 Å². The van der Waals surface area contributed by atoms with Gasteiger partial charge in [-0.3, -0.25) is 0 Å². The van der Waals surface area contributed by atoms with E-state index in [4.69, 9.17) is 0 Å². The summed E-state index contributed by atoms with van der Waals surface area (Å²) in [4.78, 5) is 4.95. The zero-order valence-electron chi connectivity index (χ0n) is 27.1. The zero-order valence-corrected chi connectivity index (χ0v) is 27.1. The predicted molar refractivity (Wildman–Crippen MR) is 173 cm³/mol.